The SMILES string of the molecule is CCCCCCCCCCCCCC/C=C/CCCOC[C@H]1OC[C@H](O)[C@@H](O)[C@@H]1O. The maximum Gasteiger partial charge on any atom is 0.111 e. The van der Waals surface area contributed by atoms with Crippen molar-refractivity contribution < 1.29 is 24.8 Å². The zero-order valence-electron chi connectivity index (χ0n) is 19.4. The molecule has 3 N–H and O–H groups in total. The monoisotopic (exact) mass is 428 g/mol. The van der Waals surface area contributed by atoms with Crippen LogP contribution in [0.15, 0.2) is 12.2 Å². The molecule has 0 aromatic rings. The molecule has 5 heteroatoms. The molecule has 0 spiro atoms. The minimum Gasteiger partial charge on any atom is -0.388 e. The van der Waals surface area contributed by atoms with Crippen molar-refractivity contribution in [2.45, 2.75) is 128 Å². The summed E-state index contributed by atoms with van der Waals surface area (Å²) in [7, 11) is 0. The van der Waals surface area contributed by atoms with Gasteiger partial charge in [0.15, 0.2) is 0 Å². The first-order chi connectivity index (χ1) is 14.7. The van der Waals surface area contributed by atoms with E-state index < -0.39 is 24.4 Å². The maximum atomic E-state index is 9.83. The van der Waals surface area contributed by atoms with Crippen molar-refractivity contribution in [3.63, 3.8) is 0 Å². The zero-order chi connectivity index (χ0) is 21.9. The molecule has 0 saturated carbocycles. The van der Waals surface area contributed by atoms with E-state index in [1.807, 2.05) is 0 Å². The van der Waals surface area contributed by atoms with Gasteiger partial charge in [-0.15, -0.1) is 0 Å². The lowest BCUT2D eigenvalue weighted by Gasteiger charge is -2.35. The number of hydrogen-bond acceptors (Lipinski definition) is 5. The largest absolute Gasteiger partial charge is 0.388 e. The van der Waals surface area contributed by atoms with Crippen LogP contribution in [-0.4, -0.2) is 59.6 Å². The molecule has 1 fully saturated rings. The summed E-state index contributed by atoms with van der Waals surface area (Å²) in [5.41, 5.74) is 0. The summed E-state index contributed by atoms with van der Waals surface area (Å²) < 4.78 is 10.9. The molecule has 0 aliphatic carbocycles. The normalized spacial score (nSPS) is 24.7. The molecular weight excluding hydrogens is 380 g/mol. The molecule has 1 rings (SSSR count). The first-order valence-electron chi connectivity index (χ1n) is 12.5. The molecule has 4 atom stereocenters. The summed E-state index contributed by atoms with van der Waals surface area (Å²) in [6.07, 6.45) is 20.4. The lowest BCUT2D eigenvalue weighted by atomic mass is 10.0. The van der Waals surface area contributed by atoms with Crippen LogP contribution >= 0.6 is 0 Å². The van der Waals surface area contributed by atoms with E-state index in [0.717, 1.165) is 12.8 Å². The van der Waals surface area contributed by atoms with Gasteiger partial charge < -0.3 is 24.8 Å². The predicted octanol–water partition coefficient (Wildman–Crippen LogP) is 4.91. The van der Waals surface area contributed by atoms with Crippen molar-refractivity contribution in [1.82, 2.24) is 0 Å². The van der Waals surface area contributed by atoms with E-state index in [4.69, 9.17) is 9.47 Å². The minimum absolute atomic E-state index is 0.0358. The number of aliphatic hydroxyl groups excluding tert-OH is 3. The van der Waals surface area contributed by atoms with E-state index in [9.17, 15) is 15.3 Å². The molecular formula is C25H48O5. The van der Waals surface area contributed by atoms with Crippen molar-refractivity contribution in [3.8, 4) is 0 Å². The van der Waals surface area contributed by atoms with E-state index in [-0.39, 0.29) is 13.2 Å². The summed E-state index contributed by atoms with van der Waals surface area (Å²) in [6, 6.07) is 0. The summed E-state index contributed by atoms with van der Waals surface area (Å²) in [6.45, 7) is 3.16. The molecule has 0 unspecified atom stereocenters. The molecule has 1 aliphatic heterocycles. The highest BCUT2D eigenvalue weighted by Crippen LogP contribution is 2.16. The Labute approximate surface area is 184 Å². The quantitative estimate of drug-likeness (QED) is 0.201. The fraction of sp³-hybridized carbons (Fsp3) is 0.920. The van der Waals surface area contributed by atoms with Crippen molar-refractivity contribution in [2.24, 2.45) is 0 Å². The Morgan fingerprint density at radius 3 is 1.87 bits per heavy atom. The van der Waals surface area contributed by atoms with Gasteiger partial charge in [-0.2, -0.15) is 0 Å². The Hall–Kier alpha value is -0.460. The third-order valence-corrected chi connectivity index (χ3v) is 5.94. The van der Waals surface area contributed by atoms with Crippen molar-refractivity contribution in [2.75, 3.05) is 19.8 Å². The van der Waals surface area contributed by atoms with E-state index in [1.54, 1.807) is 0 Å². The molecule has 30 heavy (non-hydrogen) atoms. The molecule has 0 radical (unpaired) electrons. The fourth-order valence-electron chi connectivity index (χ4n) is 3.86. The van der Waals surface area contributed by atoms with Crippen LogP contribution in [0.3, 0.4) is 0 Å². The first kappa shape index (κ1) is 27.6. The Morgan fingerprint density at radius 2 is 1.27 bits per heavy atom. The molecule has 0 aromatic heterocycles. The molecule has 5 nitrogen and oxygen atoms in total. The lowest BCUT2D eigenvalue weighted by Crippen LogP contribution is -2.54. The zero-order valence-corrected chi connectivity index (χ0v) is 19.4. The highest BCUT2D eigenvalue weighted by atomic mass is 16.6. The van der Waals surface area contributed by atoms with Crippen LogP contribution < -0.4 is 0 Å². The third-order valence-electron chi connectivity index (χ3n) is 5.94. The van der Waals surface area contributed by atoms with Gasteiger partial charge in [0.25, 0.3) is 0 Å². The number of rotatable bonds is 19. The van der Waals surface area contributed by atoms with Crippen LogP contribution in [0, 0.1) is 0 Å². The maximum absolute atomic E-state index is 9.83. The van der Waals surface area contributed by atoms with Gasteiger partial charge in [-0.1, -0.05) is 89.7 Å². The second kappa shape index (κ2) is 19.2. The molecule has 0 aromatic carbocycles. The topological polar surface area (TPSA) is 79.2 Å². The van der Waals surface area contributed by atoms with E-state index >= 15 is 0 Å². The van der Waals surface area contributed by atoms with Crippen LogP contribution in [-0.2, 0) is 9.47 Å². The summed E-state index contributed by atoms with van der Waals surface area (Å²) in [5, 5.41) is 28.9. The molecule has 1 saturated heterocycles. The summed E-state index contributed by atoms with van der Waals surface area (Å²) in [4.78, 5) is 0. The van der Waals surface area contributed by atoms with Gasteiger partial charge >= 0.3 is 0 Å². The highest BCUT2D eigenvalue weighted by Gasteiger charge is 2.37. The van der Waals surface area contributed by atoms with Crippen molar-refractivity contribution >= 4 is 0 Å². The second-order valence-corrected chi connectivity index (χ2v) is 8.79. The van der Waals surface area contributed by atoms with Gasteiger partial charge in [-0.05, 0) is 25.7 Å². The van der Waals surface area contributed by atoms with E-state index in [1.165, 1.54) is 83.5 Å². The van der Waals surface area contributed by atoms with Gasteiger partial charge in [0, 0.05) is 6.61 Å². The third kappa shape index (κ3) is 13.8. The average molecular weight is 429 g/mol. The smallest absolute Gasteiger partial charge is 0.111 e. The van der Waals surface area contributed by atoms with Crippen LogP contribution in [0.5, 0.6) is 0 Å². The Bertz CT molecular complexity index is 401. The standard InChI is InChI=1S/C25H48O5/c1-2-3-4-5-6-7-8-9-10-11-12-13-14-15-16-17-18-19-29-21-23-25(28)24(27)22(26)20-30-23/h15-16,22-28H,2-14,17-21H2,1H3/b16-15+/t22-,23+,24+,25+/m0/s1. The highest BCUT2D eigenvalue weighted by molar-refractivity contribution is 4.86. The molecule has 0 amide bonds. The average Bonchev–Trinajstić information content (AvgIpc) is 2.75. The number of allylic oxidation sites excluding steroid dienone is 2. The Kier molecular flexibility index (Phi) is 17.7. The molecule has 1 aliphatic rings. The summed E-state index contributed by atoms with van der Waals surface area (Å²) >= 11 is 0. The number of unbranched alkanes of at least 4 members (excludes halogenated alkanes) is 13. The van der Waals surface area contributed by atoms with Gasteiger partial charge in [-0.3, -0.25) is 0 Å². The van der Waals surface area contributed by atoms with E-state index in [0.29, 0.717) is 6.61 Å². The minimum atomic E-state index is -1.16. The predicted molar refractivity (Wildman–Crippen MR) is 123 cm³/mol. The number of aliphatic hydroxyl groups is 3. The number of ether oxygens (including phenoxy) is 2. The molecule has 178 valence electrons. The molecule has 0 bridgehead atoms. The van der Waals surface area contributed by atoms with Crippen LogP contribution in [0.4, 0.5) is 0 Å². The second-order valence-electron chi connectivity index (χ2n) is 8.79. The fourth-order valence-corrected chi connectivity index (χ4v) is 3.86. The Balaban J connectivity index is 1.79. The van der Waals surface area contributed by atoms with Crippen molar-refractivity contribution in [3.05, 3.63) is 12.2 Å². The van der Waals surface area contributed by atoms with Crippen molar-refractivity contribution in [1.29, 1.82) is 0 Å². The van der Waals surface area contributed by atoms with Crippen LogP contribution in [0.2, 0.25) is 0 Å². The number of hydrogen-bond donors (Lipinski definition) is 3. The summed E-state index contributed by atoms with van der Waals surface area (Å²) in [5.74, 6) is 0. The molecule has 1 heterocycles. The van der Waals surface area contributed by atoms with Crippen LogP contribution in [0.1, 0.15) is 103 Å². The first-order valence-corrected chi connectivity index (χ1v) is 12.5. The lowest BCUT2D eigenvalue weighted by molar-refractivity contribution is -0.199. The van der Waals surface area contributed by atoms with Crippen LogP contribution in [0.25, 0.3) is 0 Å². The van der Waals surface area contributed by atoms with E-state index in [2.05, 4.69) is 19.1 Å². The van der Waals surface area contributed by atoms with Gasteiger partial charge in [0.1, 0.15) is 24.4 Å². The van der Waals surface area contributed by atoms with Gasteiger partial charge in [-0.25, -0.2) is 0 Å². The van der Waals surface area contributed by atoms with Gasteiger partial charge in [0.2, 0.25) is 0 Å². The van der Waals surface area contributed by atoms with Gasteiger partial charge in [0.05, 0.1) is 13.2 Å². The Morgan fingerprint density at radius 1 is 0.733 bits per heavy atom.